The summed E-state index contributed by atoms with van der Waals surface area (Å²) in [6, 6.07) is 0. The van der Waals surface area contributed by atoms with Gasteiger partial charge in [-0.15, -0.1) is 0 Å². The highest BCUT2D eigenvalue weighted by atomic mass is 16.6. The molecule has 1 heterocycles. The van der Waals surface area contributed by atoms with Gasteiger partial charge in [-0.05, 0) is 49.2 Å². The maximum absolute atomic E-state index is 13.6. The number of rotatable bonds is 0. The van der Waals surface area contributed by atoms with Crippen molar-refractivity contribution in [1.82, 2.24) is 0 Å². The predicted octanol–water partition coefficient (Wildman–Crippen LogP) is 2.89. The molecule has 2 saturated carbocycles. The zero-order chi connectivity index (χ0) is 17.7. The lowest BCUT2D eigenvalue weighted by Gasteiger charge is -2.36. The predicted molar refractivity (Wildman–Crippen MR) is 88.3 cm³/mol. The van der Waals surface area contributed by atoms with E-state index in [0.29, 0.717) is 12.0 Å². The third-order valence-corrected chi connectivity index (χ3v) is 7.32. The van der Waals surface area contributed by atoms with Crippen LogP contribution in [0.3, 0.4) is 0 Å². The van der Waals surface area contributed by atoms with Crippen LogP contribution < -0.4 is 0 Å². The van der Waals surface area contributed by atoms with E-state index in [1.807, 2.05) is 26.8 Å². The van der Waals surface area contributed by atoms with Crippen molar-refractivity contribution in [2.24, 2.45) is 28.6 Å². The summed E-state index contributed by atoms with van der Waals surface area (Å²) in [4.78, 5) is 39.3. The van der Waals surface area contributed by atoms with E-state index in [0.717, 1.165) is 6.42 Å². The Morgan fingerprint density at radius 1 is 1.17 bits per heavy atom. The van der Waals surface area contributed by atoms with Crippen LogP contribution in [0.2, 0.25) is 0 Å². The molecule has 0 radical (unpaired) electrons. The van der Waals surface area contributed by atoms with Crippen LogP contribution in [-0.4, -0.2) is 29.1 Å². The van der Waals surface area contributed by atoms with Gasteiger partial charge in [0.1, 0.15) is 11.4 Å². The highest BCUT2D eigenvalue weighted by molar-refractivity contribution is 6.11. The van der Waals surface area contributed by atoms with Crippen LogP contribution in [0, 0.1) is 28.6 Å². The number of fused-ring (bicyclic) bond motifs is 1. The second-order valence-electron chi connectivity index (χ2n) is 9.32. The Labute approximate surface area is 143 Å². The van der Waals surface area contributed by atoms with Crippen LogP contribution >= 0.6 is 0 Å². The van der Waals surface area contributed by atoms with E-state index in [1.165, 1.54) is 0 Å². The summed E-state index contributed by atoms with van der Waals surface area (Å²) >= 11 is 0. The molecule has 1 saturated heterocycles. The van der Waals surface area contributed by atoms with Crippen molar-refractivity contribution < 1.29 is 19.1 Å². The molecule has 4 heteroatoms. The van der Waals surface area contributed by atoms with Crippen molar-refractivity contribution in [2.45, 2.75) is 65.6 Å². The molecule has 3 fully saturated rings. The lowest BCUT2D eigenvalue weighted by atomic mass is 9.64. The molecule has 0 N–H and O–H groups in total. The monoisotopic (exact) mass is 330 g/mol. The molecule has 0 bridgehead atoms. The number of allylic oxidation sites excluding steroid dienone is 1. The van der Waals surface area contributed by atoms with E-state index < -0.39 is 11.0 Å². The van der Waals surface area contributed by atoms with Gasteiger partial charge in [0.2, 0.25) is 0 Å². The van der Waals surface area contributed by atoms with Gasteiger partial charge in [-0.25, -0.2) is 0 Å². The fourth-order valence-electron chi connectivity index (χ4n) is 5.85. The van der Waals surface area contributed by atoms with E-state index >= 15 is 0 Å². The normalized spacial score (nSPS) is 49.5. The maximum atomic E-state index is 13.6. The average molecular weight is 330 g/mol. The zero-order valence-corrected chi connectivity index (χ0v) is 15.1. The van der Waals surface area contributed by atoms with Crippen LogP contribution in [0.25, 0.3) is 0 Å². The van der Waals surface area contributed by atoms with Crippen LogP contribution in [0.15, 0.2) is 11.6 Å². The van der Waals surface area contributed by atoms with Gasteiger partial charge < -0.3 is 4.74 Å². The van der Waals surface area contributed by atoms with Crippen LogP contribution in [0.4, 0.5) is 0 Å². The minimum Gasteiger partial charge on any atom is -0.361 e. The topological polar surface area (TPSA) is 63.7 Å². The lowest BCUT2D eigenvalue weighted by molar-refractivity contribution is -0.144. The van der Waals surface area contributed by atoms with E-state index in [-0.39, 0.29) is 53.0 Å². The fraction of sp³-hybridized carbons (Fsp3) is 0.750. The van der Waals surface area contributed by atoms with Gasteiger partial charge in [0, 0.05) is 12.8 Å². The standard InChI is InChI=1S/C20H26O4/c1-10-6-12-16(23)19(5)14(18(3,4)9-15(19)22)7-13(21)11(2)8-20(12)17(10)24-20/h8,10,12,14,17H,6-7,9H2,1-5H3/t10-,12-,14-,17+,19+,20-/m1/s1. The van der Waals surface area contributed by atoms with Crippen LogP contribution in [0.5, 0.6) is 0 Å². The SMILES string of the molecule is CC1=C[C@]23O[C@H]2[C@H](C)C[C@@H]3C(=O)[C@]2(C)C(=O)CC(C)(C)[C@H]2CC1=O. The third-order valence-electron chi connectivity index (χ3n) is 7.32. The van der Waals surface area contributed by atoms with Gasteiger partial charge in [-0.1, -0.05) is 20.8 Å². The molecular formula is C20H26O4. The Bertz CT molecular complexity index is 702. The summed E-state index contributed by atoms with van der Waals surface area (Å²) in [6.07, 6.45) is 3.30. The first kappa shape index (κ1) is 16.2. The number of carbonyl (C=O) groups is 3. The van der Waals surface area contributed by atoms with E-state index in [4.69, 9.17) is 4.74 Å². The van der Waals surface area contributed by atoms with Crippen molar-refractivity contribution in [3.8, 4) is 0 Å². The number of ether oxygens (including phenoxy) is 1. The molecular weight excluding hydrogens is 304 g/mol. The number of Topliss-reactive ketones (excluding diaryl/α,β-unsaturated/α-hetero) is 3. The van der Waals surface area contributed by atoms with E-state index in [2.05, 4.69) is 6.92 Å². The van der Waals surface area contributed by atoms with Crippen molar-refractivity contribution in [1.29, 1.82) is 0 Å². The van der Waals surface area contributed by atoms with E-state index in [1.54, 1.807) is 6.92 Å². The van der Waals surface area contributed by atoms with Crippen molar-refractivity contribution >= 4 is 17.3 Å². The number of epoxide rings is 1. The van der Waals surface area contributed by atoms with Crippen molar-refractivity contribution in [3.05, 3.63) is 11.6 Å². The van der Waals surface area contributed by atoms with Gasteiger partial charge >= 0.3 is 0 Å². The lowest BCUT2D eigenvalue weighted by Crippen LogP contribution is -2.46. The molecule has 0 unspecified atom stereocenters. The third kappa shape index (κ3) is 1.75. The molecule has 1 aliphatic heterocycles. The molecule has 0 aromatic heterocycles. The molecule has 0 aromatic carbocycles. The summed E-state index contributed by atoms with van der Waals surface area (Å²) in [6.45, 7) is 9.74. The minimum atomic E-state index is -1.06. The van der Waals surface area contributed by atoms with E-state index in [9.17, 15) is 14.4 Å². The molecule has 0 aromatic rings. The summed E-state index contributed by atoms with van der Waals surface area (Å²) in [5.74, 6) is -0.196. The average Bonchev–Trinajstić information content (AvgIpc) is 3.10. The molecule has 4 aliphatic rings. The Morgan fingerprint density at radius 3 is 2.46 bits per heavy atom. The van der Waals surface area contributed by atoms with Crippen molar-refractivity contribution in [2.75, 3.05) is 0 Å². The highest BCUT2D eigenvalue weighted by Gasteiger charge is 2.73. The first-order valence-electron chi connectivity index (χ1n) is 9.02. The summed E-state index contributed by atoms with van der Waals surface area (Å²) in [5.41, 5.74) is -1.34. The first-order chi connectivity index (χ1) is 11.0. The molecule has 1 spiro atoms. The molecule has 24 heavy (non-hydrogen) atoms. The number of carbonyl (C=O) groups excluding carboxylic acids is 3. The number of ketones is 3. The zero-order valence-electron chi connectivity index (χ0n) is 15.1. The second kappa shape index (κ2) is 4.46. The van der Waals surface area contributed by atoms with Gasteiger partial charge in [0.15, 0.2) is 11.6 Å². The molecule has 0 amide bonds. The quantitative estimate of drug-likeness (QED) is 0.506. The molecule has 4 nitrogen and oxygen atoms in total. The smallest absolute Gasteiger partial charge is 0.158 e. The molecule has 3 aliphatic carbocycles. The summed E-state index contributed by atoms with van der Waals surface area (Å²) < 4.78 is 5.96. The maximum Gasteiger partial charge on any atom is 0.158 e. The largest absolute Gasteiger partial charge is 0.361 e. The Balaban J connectivity index is 1.89. The van der Waals surface area contributed by atoms with Crippen molar-refractivity contribution in [3.63, 3.8) is 0 Å². The summed E-state index contributed by atoms with van der Waals surface area (Å²) in [5, 5.41) is 0. The second-order valence-corrected chi connectivity index (χ2v) is 9.32. The minimum absolute atomic E-state index is 0.00163. The highest BCUT2D eigenvalue weighted by Crippen LogP contribution is 2.63. The fourth-order valence-corrected chi connectivity index (χ4v) is 5.85. The first-order valence-corrected chi connectivity index (χ1v) is 9.02. The van der Waals surface area contributed by atoms with Crippen LogP contribution in [0.1, 0.15) is 53.9 Å². The molecule has 130 valence electrons. The molecule has 6 atom stereocenters. The summed E-state index contributed by atoms with van der Waals surface area (Å²) in [7, 11) is 0. The Morgan fingerprint density at radius 2 is 1.83 bits per heavy atom. The number of hydrogen-bond donors (Lipinski definition) is 0. The van der Waals surface area contributed by atoms with Gasteiger partial charge in [-0.2, -0.15) is 0 Å². The van der Waals surface area contributed by atoms with Crippen LogP contribution in [-0.2, 0) is 19.1 Å². The Kier molecular flexibility index (Phi) is 3.01. The van der Waals surface area contributed by atoms with Gasteiger partial charge in [0.25, 0.3) is 0 Å². The molecule has 4 rings (SSSR count). The van der Waals surface area contributed by atoms with Gasteiger partial charge in [0.05, 0.1) is 17.4 Å². The number of hydrogen-bond acceptors (Lipinski definition) is 4. The van der Waals surface area contributed by atoms with Gasteiger partial charge in [-0.3, -0.25) is 14.4 Å². The Hall–Kier alpha value is -1.29.